The molecule has 2 rings (SSSR count). The highest BCUT2D eigenvalue weighted by molar-refractivity contribution is 6.21. The molecule has 2 saturated heterocycles. The standard InChI is InChI=1S/C12H19Cl3O8/c13-1-4-7(17)10(20)12(3-14,22-4)23-11-9(19)8(18)6(15)5(2-16)21-11/h4-11,16-20H,1-3H2/t4-,5+,6+,7-,8+,9-,10-,11-,12+/m1/s1. The average molecular weight is 398 g/mol. The van der Waals surface area contributed by atoms with Crippen LogP contribution in [0.5, 0.6) is 0 Å². The molecule has 11 heteroatoms. The van der Waals surface area contributed by atoms with E-state index in [2.05, 4.69) is 0 Å². The van der Waals surface area contributed by atoms with Crippen LogP contribution in [-0.2, 0) is 14.2 Å². The highest BCUT2D eigenvalue weighted by atomic mass is 35.5. The highest BCUT2D eigenvalue weighted by Crippen LogP contribution is 2.37. The van der Waals surface area contributed by atoms with Crippen LogP contribution in [0.15, 0.2) is 0 Å². The zero-order chi connectivity index (χ0) is 17.4. The topological polar surface area (TPSA) is 129 Å². The van der Waals surface area contributed by atoms with Crippen molar-refractivity contribution < 1.29 is 39.7 Å². The molecule has 0 aromatic rings. The molecular weight excluding hydrogens is 378 g/mol. The first-order valence-corrected chi connectivity index (χ1v) is 8.42. The summed E-state index contributed by atoms with van der Waals surface area (Å²) >= 11 is 17.3. The van der Waals surface area contributed by atoms with E-state index in [4.69, 9.17) is 49.0 Å². The van der Waals surface area contributed by atoms with Gasteiger partial charge in [0.1, 0.15) is 36.6 Å². The molecule has 0 saturated carbocycles. The summed E-state index contributed by atoms with van der Waals surface area (Å²) < 4.78 is 16.1. The van der Waals surface area contributed by atoms with Crippen molar-refractivity contribution in [2.24, 2.45) is 0 Å². The summed E-state index contributed by atoms with van der Waals surface area (Å²) in [6.07, 6.45) is -9.39. The van der Waals surface area contributed by atoms with Gasteiger partial charge in [0.15, 0.2) is 6.29 Å². The molecule has 23 heavy (non-hydrogen) atoms. The second-order valence-electron chi connectivity index (χ2n) is 5.46. The smallest absolute Gasteiger partial charge is 0.214 e. The maximum atomic E-state index is 10.1. The van der Waals surface area contributed by atoms with E-state index in [1.807, 2.05) is 0 Å². The first-order chi connectivity index (χ1) is 10.8. The van der Waals surface area contributed by atoms with Gasteiger partial charge < -0.3 is 39.7 Å². The predicted octanol–water partition coefficient (Wildman–Crippen LogP) is -1.66. The van der Waals surface area contributed by atoms with Crippen molar-refractivity contribution in [3.05, 3.63) is 0 Å². The molecule has 0 aromatic carbocycles. The van der Waals surface area contributed by atoms with Crippen molar-refractivity contribution in [1.82, 2.24) is 0 Å². The highest BCUT2D eigenvalue weighted by Gasteiger charge is 2.58. The summed E-state index contributed by atoms with van der Waals surface area (Å²) in [5, 5.41) is 48.1. The predicted molar refractivity (Wildman–Crippen MR) is 79.5 cm³/mol. The molecule has 0 aliphatic carbocycles. The molecule has 2 fully saturated rings. The molecule has 5 N–H and O–H groups in total. The summed E-state index contributed by atoms with van der Waals surface area (Å²) in [7, 11) is 0. The normalized spacial score (nSPS) is 51.1. The van der Waals surface area contributed by atoms with Crippen LogP contribution in [0.25, 0.3) is 0 Å². The number of ether oxygens (including phenoxy) is 3. The van der Waals surface area contributed by atoms with E-state index < -0.39 is 66.6 Å². The van der Waals surface area contributed by atoms with Gasteiger partial charge in [-0.2, -0.15) is 0 Å². The molecule has 2 aliphatic heterocycles. The van der Waals surface area contributed by atoms with Crippen molar-refractivity contribution in [1.29, 1.82) is 0 Å². The Balaban J connectivity index is 2.18. The van der Waals surface area contributed by atoms with Crippen LogP contribution in [0.4, 0.5) is 0 Å². The molecule has 9 atom stereocenters. The van der Waals surface area contributed by atoms with E-state index in [-0.39, 0.29) is 5.88 Å². The van der Waals surface area contributed by atoms with Crippen LogP contribution >= 0.6 is 34.8 Å². The molecule has 0 aromatic heterocycles. The molecule has 0 radical (unpaired) electrons. The van der Waals surface area contributed by atoms with Crippen LogP contribution in [-0.4, -0.2) is 98.0 Å². The zero-order valence-electron chi connectivity index (χ0n) is 11.8. The SMILES string of the molecule is OC[C@@H]1O[C@H](O[C@]2(CCl)O[C@H](CCl)[C@@H](O)[C@H]2O)[C@H](O)[C@@H](O)[C@H]1Cl. The van der Waals surface area contributed by atoms with Crippen LogP contribution in [0, 0.1) is 0 Å². The largest absolute Gasteiger partial charge is 0.394 e. The van der Waals surface area contributed by atoms with Crippen molar-refractivity contribution in [2.45, 2.75) is 54.1 Å². The number of alkyl halides is 3. The van der Waals surface area contributed by atoms with Crippen molar-refractivity contribution in [3.63, 3.8) is 0 Å². The molecule has 0 unspecified atom stereocenters. The summed E-state index contributed by atoms with van der Waals surface area (Å²) in [4.78, 5) is 0. The summed E-state index contributed by atoms with van der Waals surface area (Å²) in [6.45, 7) is -0.526. The van der Waals surface area contributed by atoms with Crippen LogP contribution in [0.2, 0.25) is 0 Å². The van der Waals surface area contributed by atoms with E-state index in [1.165, 1.54) is 0 Å². The Morgan fingerprint density at radius 2 is 1.65 bits per heavy atom. The van der Waals surface area contributed by atoms with E-state index in [0.29, 0.717) is 0 Å². The average Bonchev–Trinajstić information content (AvgIpc) is 2.80. The second-order valence-corrected chi connectivity index (χ2v) is 6.54. The molecular formula is C12H19Cl3O8. The van der Waals surface area contributed by atoms with E-state index >= 15 is 0 Å². The maximum absolute atomic E-state index is 10.1. The number of hydrogen-bond donors (Lipinski definition) is 5. The van der Waals surface area contributed by atoms with E-state index in [1.54, 1.807) is 0 Å². The summed E-state index contributed by atoms with van der Waals surface area (Å²) in [5.74, 6) is -2.43. The van der Waals surface area contributed by atoms with Gasteiger partial charge in [-0.1, -0.05) is 0 Å². The summed E-state index contributed by atoms with van der Waals surface area (Å²) in [5.41, 5.74) is 0. The van der Waals surface area contributed by atoms with Gasteiger partial charge >= 0.3 is 0 Å². The van der Waals surface area contributed by atoms with Gasteiger partial charge in [-0.25, -0.2) is 0 Å². The minimum absolute atomic E-state index is 0.125. The van der Waals surface area contributed by atoms with Gasteiger partial charge in [0.25, 0.3) is 0 Å². The first-order valence-electron chi connectivity index (χ1n) is 6.91. The molecule has 8 nitrogen and oxygen atoms in total. The first kappa shape index (κ1) is 19.9. The third-order valence-corrected chi connectivity index (χ3v) is 5.17. The lowest BCUT2D eigenvalue weighted by Gasteiger charge is -2.43. The van der Waals surface area contributed by atoms with Crippen LogP contribution in [0.1, 0.15) is 0 Å². The number of rotatable bonds is 5. The van der Waals surface area contributed by atoms with E-state index in [0.717, 1.165) is 0 Å². The van der Waals surface area contributed by atoms with Gasteiger partial charge in [-0.15, -0.1) is 34.8 Å². The fourth-order valence-corrected chi connectivity index (χ4v) is 3.37. The van der Waals surface area contributed by atoms with Gasteiger partial charge in [0.2, 0.25) is 5.79 Å². The van der Waals surface area contributed by atoms with E-state index in [9.17, 15) is 25.5 Å². The Morgan fingerprint density at radius 3 is 2.13 bits per heavy atom. The molecule has 0 spiro atoms. The molecule has 0 amide bonds. The Morgan fingerprint density at radius 1 is 1.00 bits per heavy atom. The van der Waals surface area contributed by atoms with Crippen LogP contribution < -0.4 is 0 Å². The van der Waals surface area contributed by atoms with Gasteiger partial charge in [-0.3, -0.25) is 0 Å². The van der Waals surface area contributed by atoms with Gasteiger partial charge in [0, 0.05) is 0 Å². The number of hydrogen-bond acceptors (Lipinski definition) is 8. The lowest BCUT2D eigenvalue weighted by molar-refractivity contribution is -0.357. The molecule has 2 heterocycles. The molecule has 0 bridgehead atoms. The zero-order valence-corrected chi connectivity index (χ0v) is 14.1. The third-order valence-electron chi connectivity index (χ3n) is 3.96. The van der Waals surface area contributed by atoms with Crippen molar-refractivity contribution in [2.75, 3.05) is 18.4 Å². The fourth-order valence-electron chi connectivity index (χ4n) is 2.56. The lowest BCUT2D eigenvalue weighted by atomic mass is 10.0. The fraction of sp³-hybridized carbons (Fsp3) is 1.00. The minimum atomic E-state index is -1.90. The molecule has 2 aliphatic rings. The van der Waals surface area contributed by atoms with Gasteiger partial charge in [-0.05, 0) is 0 Å². The third kappa shape index (κ3) is 3.58. The van der Waals surface area contributed by atoms with Crippen molar-refractivity contribution >= 4 is 34.8 Å². The quantitative estimate of drug-likeness (QED) is 0.349. The number of halogens is 3. The minimum Gasteiger partial charge on any atom is -0.394 e. The Kier molecular flexibility index (Phi) is 6.77. The number of aliphatic hydroxyl groups excluding tert-OH is 5. The Hall–Kier alpha value is 0.550. The Labute approximate surface area is 147 Å². The number of aliphatic hydroxyl groups is 5. The van der Waals surface area contributed by atoms with Crippen molar-refractivity contribution in [3.8, 4) is 0 Å². The van der Waals surface area contributed by atoms with Gasteiger partial charge in [0.05, 0.1) is 23.7 Å². The Bertz CT molecular complexity index is 403. The molecule has 136 valence electrons. The lowest BCUT2D eigenvalue weighted by Crippen LogP contribution is -2.61. The monoisotopic (exact) mass is 396 g/mol. The summed E-state index contributed by atoms with van der Waals surface area (Å²) in [6, 6.07) is 0. The maximum Gasteiger partial charge on any atom is 0.214 e. The second kappa shape index (κ2) is 7.84. The van der Waals surface area contributed by atoms with Crippen LogP contribution in [0.3, 0.4) is 0 Å².